The molecular weight excluding hydrogens is 364 g/mol. The summed E-state index contributed by atoms with van der Waals surface area (Å²) in [5.74, 6) is -0.351. The van der Waals surface area contributed by atoms with E-state index in [0.29, 0.717) is 29.7 Å². The zero-order valence-corrected chi connectivity index (χ0v) is 16.3. The molecular formula is C23H22N4O2. The second-order valence-corrected chi connectivity index (χ2v) is 6.72. The van der Waals surface area contributed by atoms with Crippen LogP contribution in [0.2, 0.25) is 0 Å². The zero-order valence-electron chi connectivity index (χ0n) is 16.3. The average molecular weight is 386 g/mol. The third kappa shape index (κ3) is 4.16. The molecule has 0 N–H and O–H groups in total. The molecule has 6 nitrogen and oxygen atoms in total. The van der Waals surface area contributed by atoms with E-state index < -0.39 is 0 Å². The molecule has 0 atom stereocenters. The van der Waals surface area contributed by atoms with Crippen LogP contribution in [-0.2, 0) is 17.7 Å². The maximum atomic E-state index is 12.9. The smallest absolute Gasteiger partial charge is 0.339 e. The van der Waals surface area contributed by atoms with E-state index in [1.165, 1.54) is 0 Å². The van der Waals surface area contributed by atoms with E-state index in [-0.39, 0.29) is 5.97 Å². The van der Waals surface area contributed by atoms with Crippen LogP contribution in [0.25, 0.3) is 22.3 Å². The highest BCUT2D eigenvalue weighted by Gasteiger charge is 2.18. The largest absolute Gasteiger partial charge is 0.462 e. The Kier molecular flexibility index (Phi) is 5.61. The highest BCUT2D eigenvalue weighted by Crippen LogP contribution is 2.25. The van der Waals surface area contributed by atoms with Gasteiger partial charge >= 0.3 is 5.97 Å². The Hall–Kier alpha value is -3.54. The predicted molar refractivity (Wildman–Crippen MR) is 111 cm³/mol. The van der Waals surface area contributed by atoms with Crippen LogP contribution in [0.5, 0.6) is 0 Å². The van der Waals surface area contributed by atoms with Gasteiger partial charge in [0.05, 0.1) is 29.4 Å². The van der Waals surface area contributed by atoms with E-state index in [1.807, 2.05) is 55.6 Å². The number of ether oxygens (including phenoxy) is 1. The number of carbonyl (C=O) groups excluding carboxylic acids is 1. The van der Waals surface area contributed by atoms with E-state index in [0.717, 1.165) is 29.7 Å². The Bertz CT molecular complexity index is 1110. The number of benzene rings is 1. The van der Waals surface area contributed by atoms with Gasteiger partial charge in [-0.05, 0) is 37.5 Å². The quantitative estimate of drug-likeness (QED) is 0.350. The number of pyridine rings is 2. The topological polar surface area (TPSA) is 69.9 Å². The van der Waals surface area contributed by atoms with Crippen molar-refractivity contribution >= 4 is 17.0 Å². The van der Waals surface area contributed by atoms with E-state index in [1.54, 1.807) is 23.1 Å². The van der Waals surface area contributed by atoms with Gasteiger partial charge in [-0.3, -0.25) is 4.98 Å². The van der Waals surface area contributed by atoms with Crippen molar-refractivity contribution in [1.29, 1.82) is 0 Å². The number of rotatable bonds is 7. The van der Waals surface area contributed by atoms with Crippen LogP contribution in [-0.4, -0.2) is 32.3 Å². The number of aryl methyl sites for hydroxylation is 2. The Morgan fingerprint density at radius 1 is 1.10 bits per heavy atom. The van der Waals surface area contributed by atoms with Crippen molar-refractivity contribution in [1.82, 2.24) is 19.7 Å². The molecule has 146 valence electrons. The fourth-order valence-corrected chi connectivity index (χ4v) is 3.27. The molecule has 4 aromatic rings. The van der Waals surface area contributed by atoms with Gasteiger partial charge in [0, 0.05) is 24.5 Å². The molecule has 0 saturated heterocycles. The third-order valence-corrected chi connectivity index (χ3v) is 4.76. The van der Waals surface area contributed by atoms with Crippen LogP contribution in [0.4, 0.5) is 0 Å². The second kappa shape index (κ2) is 8.65. The predicted octanol–water partition coefficient (Wildman–Crippen LogP) is 4.30. The Morgan fingerprint density at radius 3 is 2.72 bits per heavy atom. The van der Waals surface area contributed by atoms with Gasteiger partial charge < -0.3 is 4.74 Å². The maximum absolute atomic E-state index is 12.9. The lowest BCUT2D eigenvalue weighted by molar-refractivity contribution is 0.0503. The molecule has 1 aromatic carbocycles. The SMILES string of the molecule is CCn1ncc2c(C(=O)OCCCc3cccnc3)cc(-c3ccccc3)nc21. The van der Waals surface area contributed by atoms with Gasteiger partial charge in [0.25, 0.3) is 0 Å². The van der Waals surface area contributed by atoms with Crippen molar-refractivity contribution in [2.45, 2.75) is 26.3 Å². The molecule has 0 aliphatic rings. The van der Waals surface area contributed by atoms with Crippen LogP contribution in [0.3, 0.4) is 0 Å². The Morgan fingerprint density at radius 2 is 1.97 bits per heavy atom. The molecule has 0 spiro atoms. The highest BCUT2D eigenvalue weighted by atomic mass is 16.5. The van der Waals surface area contributed by atoms with Crippen LogP contribution in [0.15, 0.2) is 67.1 Å². The van der Waals surface area contributed by atoms with E-state index >= 15 is 0 Å². The molecule has 0 bridgehead atoms. The number of esters is 1. The summed E-state index contributed by atoms with van der Waals surface area (Å²) < 4.78 is 7.36. The number of hydrogen-bond acceptors (Lipinski definition) is 5. The zero-order chi connectivity index (χ0) is 20.1. The lowest BCUT2D eigenvalue weighted by Gasteiger charge is -2.09. The van der Waals surface area contributed by atoms with Gasteiger partial charge in [-0.2, -0.15) is 5.10 Å². The number of nitrogens with zero attached hydrogens (tertiary/aromatic N) is 4. The normalized spacial score (nSPS) is 10.9. The summed E-state index contributed by atoms with van der Waals surface area (Å²) in [5, 5.41) is 5.08. The summed E-state index contributed by atoms with van der Waals surface area (Å²) in [4.78, 5) is 21.7. The number of aromatic nitrogens is 4. The monoisotopic (exact) mass is 386 g/mol. The van der Waals surface area contributed by atoms with Gasteiger partial charge in [0.15, 0.2) is 5.65 Å². The second-order valence-electron chi connectivity index (χ2n) is 6.72. The lowest BCUT2D eigenvalue weighted by Crippen LogP contribution is -2.09. The van der Waals surface area contributed by atoms with Crippen molar-refractivity contribution in [3.63, 3.8) is 0 Å². The van der Waals surface area contributed by atoms with Crippen molar-refractivity contribution in [2.24, 2.45) is 0 Å². The molecule has 6 heteroatoms. The summed E-state index contributed by atoms with van der Waals surface area (Å²) in [7, 11) is 0. The number of carbonyl (C=O) groups is 1. The first kappa shape index (κ1) is 18.8. The summed E-state index contributed by atoms with van der Waals surface area (Å²) in [6.45, 7) is 3.02. The van der Waals surface area contributed by atoms with Gasteiger partial charge in [-0.25, -0.2) is 14.5 Å². The van der Waals surface area contributed by atoms with Gasteiger partial charge in [0.1, 0.15) is 0 Å². The molecule has 0 unspecified atom stereocenters. The van der Waals surface area contributed by atoms with Gasteiger partial charge in [0.2, 0.25) is 0 Å². The van der Waals surface area contributed by atoms with E-state index in [9.17, 15) is 4.79 Å². The van der Waals surface area contributed by atoms with Crippen molar-refractivity contribution in [3.05, 3.63) is 78.2 Å². The summed E-state index contributed by atoms with van der Waals surface area (Å²) >= 11 is 0. The minimum Gasteiger partial charge on any atom is -0.462 e. The molecule has 0 aliphatic carbocycles. The van der Waals surface area contributed by atoms with Crippen LogP contribution in [0.1, 0.15) is 29.3 Å². The standard InChI is InChI=1S/C23H22N4O2/c1-2-27-22-20(16-25-27)19(14-21(26-22)18-10-4-3-5-11-18)23(28)29-13-7-9-17-8-6-12-24-15-17/h3-6,8,10-12,14-16H,2,7,9,13H2,1H3. The first-order chi connectivity index (χ1) is 14.3. The summed E-state index contributed by atoms with van der Waals surface area (Å²) in [6, 6.07) is 15.5. The van der Waals surface area contributed by atoms with Crippen molar-refractivity contribution in [3.8, 4) is 11.3 Å². The van der Waals surface area contributed by atoms with Crippen LogP contribution >= 0.6 is 0 Å². The first-order valence-electron chi connectivity index (χ1n) is 9.74. The fraction of sp³-hybridized carbons (Fsp3) is 0.217. The molecule has 0 radical (unpaired) electrons. The molecule has 29 heavy (non-hydrogen) atoms. The highest BCUT2D eigenvalue weighted by molar-refractivity contribution is 6.03. The molecule has 4 rings (SSSR count). The van der Waals surface area contributed by atoms with Crippen molar-refractivity contribution in [2.75, 3.05) is 6.61 Å². The molecule has 0 aliphatic heterocycles. The molecule has 0 amide bonds. The minimum atomic E-state index is -0.351. The molecule has 3 heterocycles. The third-order valence-electron chi connectivity index (χ3n) is 4.76. The van der Waals surface area contributed by atoms with Crippen LogP contribution < -0.4 is 0 Å². The molecule has 3 aromatic heterocycles. The van der Waals surface area contributed by atoms with Crippen LogP contribution in [0, 0.1) is 0 Å². The molecule has 0 saturated carbocycles. The summed E-state index contributed by atoms with van der Waals surface area (Å²) in [5.41, 5.74) is 4.00. The van der Waals surface area contributed by atoms with E-state index in [4.69, 9.17) is 9.72 Å². The maximum Gasteiger partial charge on any atom is 0.339 e. The van der Waals surface area contributed by atoms with Gasteiger partial charge in [-0.15, -0.1) is 0 Å². The Balaban J connectivity index is 1.56. The minimum absolute atomic E-state index is 0.347. The lowest BCUT2D eigenvalue weighted by atomic mass is 10.1. The molecule has 0 fully saturated rings. The number of fused-ring (bicyclic) bond motifs is 1. The average Bonchev–Trinajstić information content (AvgIpc) is 3.20. The first-order valence-corrected chi connectivity index (χ1v) is 9.74. The summed E-state index contributed by atoms with van der Waals surface area (Å²) in [6.07, 6.45) is 6.83. The van der Waals surface area contributed by atoms with E-state index in [2.05, 4.69) is 10.1 Å². The fourth-order valence-electron chi connectivity index (χ4n) is 3.27. The van der Waals surface area contributed by atoms with Gasteiger partial charge in [-0.1, -0.05) is 36.4 Å². The number of hydrogen-bond donors (Lipinski definition) is 0. The Labute approximate surface area is 169 Å². The van der Waals surface area contributed by atoms with Crippen molar-refractivity contribution < 1.29 is 9.53 Å².